The molecule has 0 spiro atoms. The first-order valence-corrected chi connectivity index (χ1v) is 6.85. The minimum atomic E-state index is -0.175. The molecule has 106 valence electrons. The van der Waals surface area contributed by atoms with Crippen LogP contribution in [0.25, 0.3) is 0 Å². The quantitative estimate of drug-likeness (QED) is 0.837. The lowest BCUT2D eigenvalue weighted by Crippen LogP contribution is -2.14. The molecular weight excluding hydrogens is 284 g/mol. The highest BCUT2D eigenvalue weighted by molar-refractivity contribution is 6.30. The summed E-state index contributed by atoms with van der Waals surface area (Å²) in [5, 5.41) is 3.42. The van der Waals surface area contributed by atoms with Crippen molar-refractivity contribution >= 4 is 23.2 Å². The van der Waals surface area contributed by atoms with Crippen molar-refractivity contribution in [2.45, 2.75) is 6.92 Å². The monoisotopic (exact) mass is 298 g/mol. The lowest BCUT2D eigenvalue weighted by molar-refractivity contribution is 0.102. The summed E-state index contributed by atoms with van der Waals surface area (Å²) in [6, 6.07) is 12.6. The average Bonchev–Trinajstić information content (AvgIpc) is 2.47. The van der Waals surface area contributed by atoms with Crippen molar-refractivity contribution < 1.29 is 4.79 Å². The number of nitrogens with two attached hydrogens (primary N) is 1. The van der Waals surface area contributed by atoms with Gasteiger partial charge in [-0.05, 0) is 36.8 Å². The van der Waals surface area contributed by atoms with E-state index in [0.29, 0.717) is 21.8 Å². The maximum Gasteiger partial charge on any atom is 0.255 e. The number of carbonyl (C=O) groups is 1. The minimum Gasteiger partial charge on any atom is -0.321 e. The largest absolute Gasteiger partial charge is 0.321 e. The van der Waals surface area contributed by atoms with Crippen molar-refractivity contribution in [2.75, 3.05) is 11.9 Å². The van der Waals surface area contributed by atoms with Crippen molar-refractivity contribution in [1.82, 2.24) is 0 Å². The van der Waals surface area contributed by atoms with Crippen LogP contribution in [0.3, 0.4) is 0 Å². The molecule has 0 saturated heterocycles. The van der Waals surface area contributed by atoms with Crippen LogP contribution >= 0.6 is 11.6 Å². The fourth-order valence-electron chi connectivity index (χ4n) is 1.89. The predicted octanol–water partition coefficient (Wildman–Crippen LogP) is 3.21. The molecule has 0 unspecified atom stereocenters. The fraction of sp³-hybridized carbons (Fsp3) is 0.118. The van der Waals surface area contributed by atoms with Gasteiger partial charge in [0.2, 0.25) is 0 Å². The Balaban J connectivity index is 2.31. The molecule has 0 bridgehead atoms. The van der Waals surface area contributed by atoms with Crippen LogP contribution in [-0.4, -0.2) is 12.5 Å². The van der Waals surface area contributed by atoms with E-state index in [1.807, 2.05) is 25.1 Å². The van der Waals surface area contributed by atoms with Gasteiger partial charge in [0.25, 0.3) is 5.91 Å². The third kappa shape index (κ3) is 3.85. The second-order valence-electron chi connectivity index (χ2n) is 4.46. The molecule has 2 aromatic rings. The minimum absolute atomic E-state index is 0.175. The third-order valence-corrected chi connectivity index (χ3v) is 3.18. The number of hydrogen-bond acceptors (Lipinski definition) is 2. The molecule has 0 aliphatic carbocycles. The van der Waals surface area contributed by atoms with Gasteiger partial charge in [-0.3, -0.25) is 4.79 Å². The molecule has 0 aliphatic heterocycles. The lowest BCUT2D eigenvalue weighted by Gasteiger charge is -2.09. The van der Waals surface area contributed by atoms with E-state index in [9.17, 15) is 4.79 Å². The molecule has 1 amide bonds. The molecule has 3 nitrogen and oxygen atoms in total. The van der Waals surface area contributed by atoms with E-state index in [1.165, 1.54) is 0 Å². The summed E-state index contributed by atoms with van der Waals surface area (Å²) in [7, 11) is 0. The maximum absolute atomic E-state index is 12.3. The van der Waals surface area contributed by atoms with Gasteiger partial charge in [-0.25, -0.2) is 0 Å². The van der Waals surface area contributed by atoms with E-state index in [1.54, 1.807) is 24.3 Å². The number of hydrogen-bond donors (Lipinski definition) is 2. The Kier molecular flexibility index (Phi) is 4.99. The zero-order valence-electron chi connectivity index (χ0n) is 11.6. The molecule has 21 heavy (non-hydrogen) atoms. The molecular formula is C17H15ClN2O. The number of nitrogens with one attached hydrogen (secondary N) is 1. The van der Waals surface area contributed by atoms with Crippen molar-refractivity contribution in [2.24, 2.45) is 5.73 Å². The summed E-state index contributed by atoms with van der Waals surface area (Å²) < 4.78 is 0. The van der Waals surface area contributed by atoms with Gasteiger partial charge in [0.15, 0.2) is 0 Å². The SMILES string of the molecule is Cc1ccccc1C(=O)Nc1ccc(Cl)cc1C#CCN. The molecule has 0 atom stereocenters. The van der Waals surface area contributed by atoms with Crippen LogP contribution < -0.4 is 11.1 Å². The summed E-state index contributed by atoms with van der Waals surface area (Å²) in [5.74, 6) is 5.50. The summed E-state index contributed by atoms with van der Waals surface area (Å²) in [4.78, 5) is 12.3. The Morgan fingerprint density at radius 2 is 2.05 bits per heavy atom. The van der Waals surface area contributed by atoms with Crippen LogP contribution in [0.15, 0.2) is 42.5 Å². The normalized spacial score (nSPS) is 9.67. The van der Waals surface area contributed by atoms with Crippen LogP contribution in [0, 0.1) is 18.8 Å². The molecule has 4 heteroatoms. The molecule has 0 aromatic heterocycles. The Morgan fingerprint density at radius 3 is 2.76 bits per heavy atom. The molecule has 2 rings (SSSR count). The van der Waals surface area contributed by atoms with E-state index in [4.69, 9.17) is 17.3 Å². The highest BCUT2D eigenvalue weighted by Gasteiger charge is 2.10. The third-order valence-electron chi connectivity index (χ3n) is 2.94. The Morgan fingerprint density at radius 1 is 1.29 bits per heavy atom. The van der Waals surface area contributed by atoms with Crippen molar-refractivity contribution in [3.8, 4) is 11.8 Å². The lowest BCUT2D eigenvalue weighted by atomic mass is 10.1. The Bertz CT molecular complexity index is 729. The number of amides is 1. The zero-order valence-corrected chi connectivity index (χ0v) is 12.4. The van der Waals surface area contributed by atoms with Crippen LogP contribution in [0.5, 0.6) is 0 Å². The van der Waals surface area contributed by atoms with E-state index in [2.05, 4.69) is 17.2 Å². The zero-order chi connectivity index (χ0) is 15.2. The molecule has 0 fully saturated rings. The second-order valence-corrected chi connectivity index (χ2v) is 4.90. The van der Waals surface area contributed by atoms with Gasteiger partial charge in [-0.2, -0.15) is 0 Å². The first-order chi connectivity index (χ1) is 10.1. The number of carbonyl (C=O) groups excluding carboxylic acids is 1. The van der Waals surface area contributed by atoms with E-state index >= 15 is 0 Å². The standard InChI is InChI=1S/C17H15ClN2O/c1-12-5-2-3-7-15(12)17(21)20-16-9-8-14(18)11-13(16)6-4-10-19/h2-3,5,7-9,11H,10,19H2,1H3,(H,20,21). The molecule has 0 aliphatic rings. The van der Waals surface area contributed by atoms with Gasteiger partial charge in [0, 0.05) is 16.1 Å². The first kappa shape index (κ1) is 15.1. The first-order valence-electron chi connectivity index (χ1n) is 6.47. The molecule has 0 radical (unpaired) electrons. The summed E-state index contributed by atoms with van der Waals surface area (Å²) in [6.07, 6.45) is 0. The number of aryl methyl sites for hydroxylation is 1. The summed E-state index contributed by atoms with van der Waals surface area (Å²) >= 11 is 5.96. The van der Waals surface area contributed by atoms with Crippen molar-refractivity contribution in [3.05, 3.63) is 64.2 Å². The molecule has 0 heterocycles. The van der Waals surface area contributed by atoms with Gasteiger partial charge in [-0.1, -0.05) is 41.6 Å². The summed E-state index contributed by atoms with van der Waals surface area (Å²) in [6.45, 7) is 2.14. The highest BCUT2D eigenvalue weighted by atomic mass is 35.5. The van der Waals surface area contributed by atoms with Gasteiger partial charge in [0.05, 0.1) is 12.2 Å². The van der Waals surface area contributed by atoms with Crippen LogP contribution in [0.2, 0.25) is 5.02 Å². The maximum atomic E-state index is 12.3. The Hall–Kier alpha value is -2.28. The van der Waals surface area contributed by atoms with E-state index < -0.39 is 0 Å². The number of anilines is 1. The van der Waals surface area contributed by atoms with Crippen LogP contribution in [-0.2, 0) is 0 Å². The molecule has 3 N–H and O–H groups in total. The van der Waals surface area contributed by atoms with Gasteiger partial charge in [0.1, 0.15) is 0 Å². The number of rotatable bonds is 2. The van der Waals surface area contributed by atoms with Gasteiger partial charge in [-0.15, -0.1) is 0 Å². The average molecular weight is 299 g/mol. The number of halogens is 1. The van der Waals surface area contributed by atoms with Crippen molar-refractivity contribution in [1.29, 1.82) is 0 Å². The van der Waals surface area contributed by atoms with Crippen LogP contribution in [0.1, 0.15) is 21.5 Å². The fourth-order valence-corrected chi connectivity index (χ4v) is 2.06. The van der Waals surface area contributed by atoms with Gasteiger partial charge < -0.3 is 11.1 Å². The number of benzene rings is 2. The van der Waals surface area contributed by atoms with Crippen molar-refractivity contribution in [3.63, 3.8) is 0 Å². The van der Waals surface area contributed by atoms with E-state index in [0.717, 1.165) is 5.56 Å². The van der Waals surface area contributed by atoms with Crippen LogP contribution in [0.4, 0.5) is 5.69 Å². The highest BCUT2D eigenvalue weighted by Crippen LogP contribution is 2.21. The van der Waals surface area contributed by atoms with E-state index in [-0.39, 0.29) is 12.5 Å². The smallest absolute Gasteiger partial charge is 0.255 e. The molecule has 2 aromatic carbocycles. The second kappa shape index (κ2) is 6.94. The van der Waals surface area contributed by atoms with Gasteiger partial charge >= 0.3 is 0 Å². The Labute approximate surface area is 129 Å². The predicted molar refractivity (Wildman–Crippen MR) is 86.5 cm³/mol. The topological polar surface area (TPSA) is 55.1 Å². The molecule has 0 saturated carbocycles. The summed E-state index contributed by atoms with van der Waals surface area (Å²) in [5.41, 5.74) is 8.19.